The Kier molecular flexibility index (Phi) is 10.3. The fourth-order valence-electron chi connectivity index (χ4n) is 2.58. The van der Waals surface area contributed by atoms with Gasteiger partial charge in [0.15, 0.2) is 0 Å². The molecule has 5 heteroatoms. The quantitative estimate of drug-likeness (QED) is 0.280. The molecule has 25 heavy (non-hydrogen) atoms. The SMILES string of the molecule is COc1cc(C(C)(C)C)c([O][Ti][C]2=CC=CC2)c(C(C)(C)C)c1.I.I. The summed E-state index contributed by atoms with van der Waals surface area (Å²) in [7, 11) is 1.73. The maximum atomic E-state index is 6.47. The molecule has 2 rings (SSSR count). The van der Waals surface area contributed by atoms with Crippen molar-refractivity contribution in [2.75, 3.05) is 7.11 Å². The molecule has 0 saturated heterocycles. The molecule has 0 radical (unpaired) electrons. The molecular weight excluding hydrogens is 574 g/mol. The van der Waals surface area contributed by atoms with Crippen LogP contribution >= 0.6 is 48.0 Å². The van der Waals surface area contributed by atoms with Crippen LogP contribution in [0.2, 0.25) is 0 Å². The van der Waals surface area contributed by atoms with Crippen molar-refractivity contribution in [1.82, 2.24) is 0 Å². The van der Waals surface area contributed by atoms with Crippen LogP contribution in [0.5, 0.6) is 11.5 Å². The summed E-state index contributed by atoms with van der Waals surface area (Å²) < 4.78 is 13.5. The number of ether oxygens (including phenoxy) is 1. The molecule has 2 nitrogen and oxygen atoms in total. The van der Waals surface area contributed by atoms with Gasteiger partial charge in [-0.2, -0.15) is 0 Å². The van der Waals surface area contributed by atoms with Crippen molar-refractivity contribution in [2.45, 2.75) is 58.8 Å². The summed E-state index contributed by atoms with van der Waals surface area (Å²) in [6.45, 7) is 13.4. The Morgan fingerprint density at radius 1 is 0.920 bits per heavy atom. The number of rotatable bonds is 4. The molecule has 0 unspecified atom stereocenters. The average molecular weight is 604 g/mol. The third kappa shape index (κ3) is 6.85. The Morgan fingerprint density at radius 2 is 1.44 bits per heavy atom. The number of hydrogen-bond acceptors (Lipinski definition) is 2. The van der Waals surface area contributed by atoms with Gasteiger partial charge in [-0.25, -0.2) is 0 Å². The van der Waals surface area contributed by atoms with Gasteiger partial charge in [-0.15, -0.1) is 48.0 Å². The fourth-order valence-corrected chi connectivity index (χ4v) is 3.86. The zero-order chi connectivity index (χ0) is 17.3. The van der Waals surface area contributed by atoms with E-state index in [1.807, 2.05) is 0 Å². The molecule has 0 N–H and O–H groups in total. The number of hydrogen-bond donors (Lipinski definition) is 0. The summed E-state index contributed by atoms with van der Waals surface area (Å²) in [5.74, 6) is 1.98. The van der Waals surface area contributed by atoms with Crippen molar-refractivity contribution >= 4 is 48.0 Å². The number of benzene rings is 1. The van der Waals surface area contributed by atoms with Gasteiger partial charge in [0.05, 0.1) is 0 Å². The maximum Gasteiger partial charge on any atom is -0.107 e. The van der Waals surface area contributed by atoms with E-state index in [1.165, 1.54) is 15.0 Å². The smallest absolute Gasteiger partial charge is 0.107 e. The first kappa shape index (κ1) is 25.5. The standard InChI is InChI=1S/C15H24O2.C5H5.2HI.Ti/c1-14(2,3)11-8-10(17-7)9-12(13(11)16)15(4,5)6;1-2-4-5-3-1;;;/h8-9,16H,1-7H3;1-3H,4H2;2*1H;/q;;;;+1/p-1. The minimum Gasteiger partial charge on any atom is -0.107 e. The molecule has 0 spiro atoms. The second-order valence-corrected chi connectivity index (χ2v) is 9.72. The number of halogens is 2. The molecule has 1 aromatic rings. The number of allylic oxidation sites excluding steroid dienone is 4. The van der Waals surface area contributed by atoms with Crippen LogP contribution in [0.15, 0.2) is 34.2 Å². The van der Waals surface area contributed by atoms with Gasteiger partial charge >= 0.3 is 150 Å². The Morgan fingerprint density at radius 3 is 1.80 bits per heavy atom. The van der Waals surface area contributed by atoms with Crippen LogP contribution in [0.3, 0.4) is 0 Å². The van der Waals surface area contributed by atoms with Crippen molar-refractivity contribution in [2.24, 2.45) is 0 Å². The summed E-state index contributed by atoms with van der Waals surface area (Å²) in [4.78, 5) is 0. The van der Waals surface area contributed by atoms with Gasteiger partial charge < -0.3 is 0 Å². The maximum absolute atomic E-state index is 6.47. The van der Waals surface area contributed by atoms with Crippen LogP contribution in [0.1, 0.15) is 59.1 Å². The Balaban J connectivity index is 0.00000288. The molecule has 0 aromatic heterocycles. The van der Waals surface area contributed by atoms with E-state index in [1.54, 1.807) is 7.11 Å². The van der Waals surface area contributed by atoms with E-state index in [-0.39, 0.29) is 58.8 Å². The Hall–Kier alpha value is 0.474. The topological polar surface area (TPSA) is 18.5 Å². The van der Waals surface area contributed by atoms with Crippen LogP contribution in [-0.4, -0.2) is 7.11 Å². The van der Waals surface area contributed by atoms with E-state index in [9.17, 15) is 0 Å². The van der Waals surface area contributed by atoms with Gasteiger partial charge in [0.1, 0.15) is 0 Å². The van der Waals surface area contributed by atoms with Crippen molar-refractivity contribution in [1.29, 1.82) is 0 Å². The zero-order valence-electron chi connectivity index (χ0n) is 16.2. The summed E-state index contributed by atoms with van der Waals surface area (Å²) >= 11 is -0.593. The van der Waals surface area contributed by atoms with E-state index in [0.717, 1.165) is 17.9 Å². The first-order valence-corrected chi connectivity index (χ1v) is 9.56. The molecule has 0 atom stereocenters. The molecule has 1 aliphatic carbocycles. The monoisotopic (exact) mass is 604 g/mol. The van der Waals surface area contributed by atoms with Crippen LogP contribution in [0.4, 0.5) is 0 Å². The predicted octanol–water partition coefficient (Wildman–Crippen LogP) is 6.75. The van der Waals surface area contributed by atoms with Gasteiger partial charge in [-0.05, 0) is 0 Å². The van der Waals surface area contributed by atoms with E-state index in [2.05, 4.69) is 71.9 Å². The van der Waals surface area contributed by atoms with Gasteiger partial charge in [0.25, 0.3) is 0 Å². The van der Waals surface area contributed by atoms with Crippen molar-refractivity contribution in [3.05, 3.63) is 45.4 Å². The summed E-state index contributed by atoms with van der Waals surface area (Å²) in [6.07, 6.45) is 7.58. The van der Waals surface area contributed by atoms with Crippen molar-refractivity contribution in [3.63, 3.8) is 0 Å². The van der Waals surface area contributed by atoms with E-state index in [0.29, 0.717) is 0 Å². The molecule has 0 saturated carbocycles. The van der Waals surface area contributed by atoms with E-state index >= 15 is 0 Å². The molecule has 0 bridgehead atoms. The van der Waals surface area contributed by atoms with Gasteiger partial charge in [0, 0.05) is 0 Å². The number of methoxy groups -OCH3 is 1. The zero-order valence-corrected chi connectivity index (χ0v) is 22.4. The second kappa shape index (κ2) is 10.1. The molecule has 140 valence electrons. The predicted molar refractivity (Wildman–Crippen MR) is 124 cm³/mol. The summed E-state index contributed by atoms with van der Waals surface area (Å²) in [5.41, 5.74) is 2.49. The van der Waals surface area contributed by atoms with Gasteiger partial charge in [-0.3, -0.25) is 0 Å². The molecule has 0 aliphatic heterocycles. The second-order valence-electron chi connectivity index (χ2n) is 8.08. The van der Waals surface area contributed by atoms with Crippen LogP contribution < -0.4 is 8.06 Å². The molecule has 1 aliphatic rings. The minimum absolute atomic E-state index is 0. The first-order chi connectivity index (χ1) is 10.6. The first-order valence-electron chi connectivity index (χ1n) is 8.14. The molecule has 1 aromatic carbocycles. The van der Waals surface area contributed by atoms with Gasteiger partial charge in [0.2, 0.25) is 0 Å². The largest absolute Gasteiger partial charge is 0.107 e. The normalized spacial score (nSPS) is 13.5. The van der Waals surface area contributed by atoms with Crippen molar-refractivity contribution < 1.29 is 27.6 Å². The van der Waals surface area contributed by atoms with Crippen LogP contribution in [-0.2, 0) is 30.4 Å². The van der Waals surface area contributed by atoms with Crippen LogP contribution in [0, 0.1) is 0 Å². The van der Waals surface area contributed by atoms with Crippen molar-refractivity contribution in [3.8, 4) is 11.5 Å². The van der Waals surface area contributed by atoms with E-state index in [4.69, 9.17) is 8.06 Å². The third-order valence-electron chi connectivity index (χ3n) is 3.97. The summed E-state index contributed by atoms with van der Waals surface area (Å²) in [5, 5.41) is 0. The minimum atomic E-state index is -0.593. The average Bonchev–Trinajstić information content (AvgIpc) is 2.95. The Labute approximate surface area is 196 Å². The summed E-state index contributed by atoms with van der Waals surface area (Å²) in [6, 6.07) is 4.27. The molecule has 0 heterocycles. The Bertz CT molecular complexity index is 603. The van der Waals surface area contributed by atoms with Crippen LogP contribution in [0.25, 0.3) is 0 Å². The van der Waals surface area contributed by atoms with Gasteiger partial charge in [-0.1, -0.05) is 0 Å². The molecule has 0 amide bonds. The molecule has 0 fully saturated rings. The fraction of sp³-hybridized carbons (Fsp3) is 0.500. The third-order valence-corrected chi connectivity index (χ3v) is 5.44. The molecular formula is C20H30I2O2Ti. The van der Waals surface area contributed by atoms with E-state index < -0.39 is 19.5 Å².